The highest BCUT2D eigenvalue weighted by molar-refractivity contribution is 5.98. The number of aromatic nitrogens is 2. The number of benzene rings is 1. The molecule has 92 valence electrons. The summed E-state index contributed by atoms with van der Waals surface area (Å²) in [6.07, 6.45) is 1.24. The first-order valence-corrected chi connectivity index (χ1v) is 5.68. The predicted octanol–water partition coefficient (Wildman–Crippen LogP) is 2.61. The van der Waals surface area contributed by atoms with Crippen molar-refractivity contribution in [2.45, 2.75) is 13.8 Å². The second-order valence-electron chi connectivity index (χ2n) is 4.06. The monoisotopic (exact) mass is 241 g/mol. The van der Waals surface area contributed by atoms with Gasteiger partial charge < -0.3 is 5.32 Å². The average Bonchev–Trinajstić information content (AvgIpc) is 2.70. The quantitative estimate of drug-likeness (QED) is 0.840. The van der Waals surface area contributed by atoms with E-state index in [2.05, 4.69) is 17.0 Å². The molecule has 0 fully saturated rings. The van der Waals surface area contributed by atoms with E-state index in [0.717, 1.165) is 16.9 Å². The third-order valence-corrected chi connectivity index (χ3v) is 2.61. The van der Waals surface area contributed by atoms with Crippen LogP contribution in [0.5, 0.6) is 0 Å². The van der Waals surface area contributed by atoms with Gasteiger partial charge in [0.25, 0.3) is 0 Å². The van der Waals surface area contributed by atoms with E-state index in [9.17, 15) is 4.79 Å². The molecule has 18 heavy (non-hydrogen) atoms. The van der Waals surface area contributed by atoms with E-state index in [4.69, 9.17) is 0 Å². The third kappa shape index (κ3) is 2.32. The molecule has 0 aliphatic rings. The molecule has 0 atom stereocenters. The van der Waals surface area contributed by atoms with Crippen LogP contribution in [0.3, 0.4) is 0 Å². The molecule has 0 radical (unpaired) electrons. The molecule has 0 saturated heterocycles. The van der Waals surface area contributed by atoms with Gasteiger partial charge in [-0.1, -0.05) is 24.8 Å². The minimum atomic E-state index is -0.246. The Morgan fingerprint density at radius 3 is 2.78 bits per heavy atom. The Kier molecular flexibility index (Phi) is 3.28. The molecule has 0 aliphatic carbocycles. The van der Waals surface area contributed by atoms with Crippen LogP contribution in [0.4, 0.5) is 5.82 Å². The van der Waals surface area contributed by atoms with E-state index in [1.165, 1.54) is 6.08 Å². The summed E-state index contributed by atoms with van der Waals surface area (Å²) in [5.41, 5.74) is 2.89. The SMILES string of the molecule is C=CC(=O)Nc1cc(C)nn1-c1ccccc1C. The standard InChI is InChI=1S/C14H15N3O/c1-4-14(18)15-13-9-11(3)16-17(13)12-8-6-5-7-10(12)2/h4-9H,1H2,2-3H3,(H,15,18). The molecule has 0 spiro atoms. The number of carbonyl (C=O) groups excluding carboxylic acids is 1. The van der Waals surface area contributed by atoms with E-state index in [-0.39, 0.29) is 5.91 Å². The fourth-order valence-corrected chi connectivity index (χ4v) is 1.75. The van der Waals surface area contributed by atoms with Crippen LogP contribution in [-0.4, -0.2) is 15.7 Å². The summed E-state index contributed by atoms with van der Waals surface area (Å²) < 4.78 is 1.73. The number of nitrogens with zero attached hydrogens (tertiary/aromatic N) is 2. The molecule has 1 aromatic carbocycles. The normalized spacial score (nSPS) is 10.1. The van der Waals surface area contributed by atoms with Crippen molar-refractivity contribution in [3.8, 4) is 5.69 Å². The van der Waals surface area contributed by atoms with Crippen molar-refractivity contribution in [2.75, 3.05) is 5.32 Å². The third-order valence-electron chi connectivity index (χ3n) is 2.61. The molecule has 2 aromatic rings. The highest BCUT2D eigenvalue weighted by Gasteiger charge is 2.10. The van der Waals surface area contributed by atoms with Crippen LogP contribution in [0.2, 0.25) is 0 Å². The van der Waals surface area contributed by atoms with Crippen molar-refractivity contribution in [1.29, 1.82) is 0 Å². The summed E-state index contributed by atoms with van der Waals surface area (Å²) in [6, 6.07) is 9.71. The second-order valence-corrected chi connectivity index (χ2v) is 4.06. The van der Waals surface area contributed by atoms with E-state index in [1.54, 1.807) is 4.68 Å². The summed E-state index contributed by atoms with van der Waals surface area (Å²) in [5.74, 6) is 0.399. The lowest BCUT2D eigenvalue weighted by Gasteiger charge is -2.09. The zero-order valence-corrected chi connectivity index (χ0v) is 10.5. The smallest absolute Gasteiger partial charge is 0.248 e. The Morgan fingerprint density at radius 1 is 1.39 bits per heavy atom. The average molecular weight is 241 g/mol. The maximum absolute atomic E-state index is 11.4. The van der Waals surface area contributed by atoms with Gasteiger partial charge in [0.15, 0.2) is 0 Å². The molecule has 0 unspecified atom stereocenters. The molecule has 1 heterocycles. The number of hydrogen-bond donors (Lipinski definition) is 1. The topological polar surface area (TPSA) is 46.9 Å². The van der Waals surface area contributed by atoms with Crippen molar-refractivity contribution in [3.63, 3.8) is 0 Å². The zero-order valence-electron chi connectivity index (χ0n) is 10.5. The first kappa shape index (κ1) is 12.1. The van der Waals surface area contributed by atoms with Crippen LogP contribution in [0.25, 0.3) is 5.69 Å². The van der Waals surface area contributed by atoms with Crippen LogP contribution in [-0.2, 0) is 4.79 Å². The predicted molar refractivity (Wildman–Crippen MR) is 71.9 cm³/mol. The number of amides is 1. The molecule has 2 rings (SSSR count). The Bertz CT molecular complexity index is 599. The maximum atomic E-state index is 11.4. The zero-order chi connectivity index (χ0) is 13.1. The molecule has 0 aliphatic heterocycles. The van der Waals surface area contributed by atoms with E-state index >= 15 is 0 Å². The molecular formula is C14H15N3O. The van der Waals surface area contributed by atoms with E-state index in [0.29, 0.717) is 5.82 Å². The summed E-state index contributed by atoms with van der Waals surface area (Å²) in [7, 11) is 0. The van der Waals surface area contributed by atoms with Crippen LogP contribution in [0.15, 0.2) is 43.0 Å². The molecule has 4 heteroatoms. The fourth-order valence-electron chi connectivity index (χ4n) is 1.75. The van der Waals surface area contributed by atoms with Crippen molar-refractivity contribution in [3.05, 3.63) is 54.2 Å². The Morgan fingerprint density at radius 2 is 2.11 bits per heavy atom. The molecule has 0 saturated carbocycles. The van der Waals surface area contributed by atoms with Gasteiger partial charge in [-0.15, -0.1) is 0 Å². The number of nitrogens with one attached hydrogen (secondary N) is 1. The minimum absolute atomic E-state index is 0.246. The van der Waals surface area contributed by atoms with Crippen LogP contribution >= 0.6 is 0 Å². The number of para-hydroxylation sites is 1. The van der Waals surface area contributed by atoms with Crippen LogP contribution in [0.1, 0.15) is 11.3 Å². The minimum Gasteiger partial charge on any atom is -0.307 e. The Balaban J connectivity index is 2.48. The van der Waals surface area contributed by atoms with Gasteiger partial charge in [0.1, 0.15) is 5.82 Å². The first-order chi connectivity index (χ1) is 8.61. The van der Waals surface area contributed by atoms with Gasteiger partial charge in [0, 0.05) is 6.07 Å². The van der Waals surface area contributed by atoms with Crippen molar-refractivity contribution in [2.24, 2.45) is 0 Å². The summed E-state index contributed by atoms with van der Waals surface area (Å²) in [4.78, 5) is 11.4. The molecule has 1 N–H and O–H groups in total. The lowest BCUT2D eigenvalue weighted by Crippen LogP contribution is -2.12. The van der Waals surface area contributed by atoms with Gasteiger partial charge in [0.2, 0.25) is 5.91 Å². The molecule has 4 nitrogen and oxygen atoms in total. The molecule has 1 aromatic heterocycles. The van der Waals surface area contributed by atoms with Gasteiger partial charge in [-0.05, 0) is 31.6 Å². The number of hydrogen-bond acceptors (Lipinski definition) is 2. The lowest BCUT2D eigenvalue weighted by atomic mass is 10.2. The highest BCUT2D eigenvalue weighted by atomic mass is 16.1. The second kappa shape index (κ2) is 4.87. The van der Waals surface area contributed by atoms with Gasteiger partial charge >= 0.3 is 0 Å². The maximum Gasteiger partial charge on any atom is 0.248 e. The highest BCUT2D eigenvalue weighted by Crippen LogP contribution is 2.19. The number of rotatable bonds is 3. The molecular weight excluding hydrogens is 226 g/mol. The van der Waals surface area contributed by atoms with Crippen LogP contribution < -0.4 is 5.32 Å². The number of carbonyl (C=O) groups is 1. The van der Waals surface area contributed by atoms with Gasteiger partial charge in [0.05, 0.1) is 11.4 Å². The first-order valence-electron chi connectivity index (χ1n) is 5.68. The van der Waals surface area contributed by atoms with Gasteiger partial charge in [-0.2, -0.15) is 5.10 Å². The van der Waals surface area contributed by atoms with Crippen molar-refractivity contribution < 1.29 is 4.79 Å². The summed E-state index contributed by atoms with van der Waals surface area (Å²) >= 11 is 0. The summed E-state index contributed by atoms with van der Waals surface area (Å²) in [6.45, 7) is 7.33. The van der Waals surface area contributed by atoms with Gasteiger partial charge in [-0.25, -0.2) is 4.68 Å². The lowest BCUT2D eigenvalue weighted by molar-refractivity contribution is -0.111. The molecule has 0 bridgehead atoms. The number of aryl methyl sites for hydroxylation is 2. The number of anilines is 1. The van der Waals surface area contributed by atoms with Crippen LogP contribution in [0, 0.1) is 13.8 Å². The Labute approximate surface area is 106 Å². The van der Waals surface area contributed by atoms with Crippen molar-refractivity contribution >= 4 is 11.7 Å². The Hall–Kier alpha value is -2.36. The van der Waals surface area contributed by atoms with E-state index in [1.807, 2.05) is 44.2 Å². The summed E-state index contributed by atoms with van der Waals surface area (Å²) in [5, 5.41) is 7.15. The largest absolute Gasteiger partial charge is 0.307 e. The van der Waals surface area contributed by atoms with Gasteiger partial charge in [-0.3, -0.25) is 4.79 Å². The van der Waals surface area contributed by atoms with E-state index < -0.39 is 0 Å². The van der Waals surface area contributed by atoms with Crippen molar-refractivity contribution in [1.82, 2.24) is 9.78 Å². The molecule has 1 amide bonds. The fraction of sp³-hybridized carbons (Fsp3) is 0.143.